The van der Waals surface area contributed by atoms with Gasteiger partial charge >= 0.3 is 0 Å². The molecule has 2 aliphatic carbocycles. The van der Waals surface area contributed by atoms with E-state index in [4.69, 9.17) is 14.5 Å². The normalized spacial score (nSPS) is 19.0. The Hall–Kier alpha value is -5.22. The largest absolute Gasteiger partial charge is 0.486 e. The molecule has 4 fully saturated rings. The molecule has 7 aromatic rings. The standard InChI is InChI=1S/C29H32N4O3.C21H23BrN4O2.CH4/c1-20(34)22-3-2-4-23(15-22)27-17-31-33-18-24(16-30-28(27)33)21-5-7-26(8-6-21)36-29(11-12-29)19-32-13-9-25(35)10-14-32;22-19-12-24-26-13-16(11-23-20(19)26)15-1-3-18(4-2-15)28-21(7-8-21)14-25-9-5-17(27)6-10-25;/h2-8,15-18,20,25,34-35H,9-14,19H2,1H3;1-4,11-13,17,27H,5-10,14H2;1H4. The van der Waals surface area contributed by atoms with Crippen molar-refractivity contribution in [1.29, 1.82) is 0 Å². The summed E-state index contributed by atoms with van der Waals surface area (Å²) in [6.45, 7) is 7.47. The van der Waals surface area contributed by atoms with E-state index in [0.29, 0.717) is 0 Å². The number of hydrogen-bond donors (Lipinski definition) is 3. The van der Waals surface area contributed by atoms with Crippen LogP contribution in [0.4, 0.5) is 0 Å². The van der Waals surface area contributed by atoms with Crippen LogP contribution in [0.2, 0.25) is 0 Å². The minimum atomic E-state index is -0.521. The fraction of sp³-hybridized carbons (Fsp3) is 0.412. The van der Waals surface area contributed by atoms with Crippen molar-refractivity contribution < 1.29 is 24.8 Å². The Labute approximate surface area is 388 Å². The van der Waals surface area contributed by atoms with E-state index in [1.807, 2.05) is 79.5 Å². The summed E-state index contributed by atoms with van der Waals surface area (Å²) in [5.41, 5.74) is 8.39. The second kappa shape index (κ2) is 18.9. The van der Waals surface area contributed by atoms with Gasteiger partial charge in [-0.05, 0) is 127 Å². The van der Waals surface area contributed by atoms with Crippen molar-refractivity contribution in [3.05, 3.63) is 120 Å². The zero-order chi connectivity index (χ0) is 43.8. The molecule has 1 unspecified atom stereocenters. The molecular formula is C51H59BrN8O5. The fourth-order valence-corrected chi connectivity index (χ4v) is 9.33. The highest BCUT2D eigenvalue weighted by atomic mass is 79.9. The van der Waals surface area contributed by atoms with Crippen LogP contribution in [0.3, 0.4) is 0 Å². The highest BCUT2D eigenvalue weighted by Crippen LogP contribution is 2.43. The van der Waals surface area contributed by atoms with Crippen molar-refractivity contribution in [3.63, 3.8) is 0 Å². The number of hydrogen-bond acceptors (Lipinski definition) is 11. The maximum Gasteiger partial charge on any atom is 0.169 e. The van der Waals surface area contributed by atoms with E-state index in [-0.39, 0.29) is 30.8 Å². The van der Waals surface area contributed by atoms with Crippen LogP contribution >= 0.6 is 15.9 Å². The third kappa shape index (κ3) is 10.4. The molecular weight excluding hydrogens is 885 g/mol. The quantitative estimate of drug-likeness (QED) is 0.108. The van der Waals surface area contributed by atoms with Crippen molar-refractivity contribution in [3.8, 4) is 44.9 Å². The molecule has 3 aromatic carbocycles. The molecule has 13 nitrogen and oxygen atoms in total. The van der Waals surface area contributed by atoms with Gasteiger partial charge in [0.25, 0.3) is 0 Å². The van der Waals surface area contributed by atoms with Crippen LogP contribution in [0.25, 0.3) is 44.7 Å². The zero-order valence-corrected chi connectivity index (χ0v) is 37.7. The van der Waals surface area contributed by atoms with E-state index < -0.39 is 6.10 Å². The van der Waals surface area contributed by atoms with Crippen LogP contribution in [0.15, 0.2) is 114 Å². The lowest BCUT2D eigenvalue weighted by Gasteiger charge is -2.32. The van der Waals surface area contributed by atoms with Crippen LogP contribution in [0.5, 0.6) is 11.5 Å². The van der Waals surface area contributed by atoms with E-state index >= 15 is 0 Å². The number of aromatic nitrogens is 6. The maximum absolute atomic E-state index is 9.93. The molecule has 4 aliphatic rings. The monoisotopic (exact) mass is 942 g/mol. The Morgan fingerprint density at radius 3 is 1.60 bits per heavy atom. The molecule has 2 saturated carbocycles. The van der Waals surface area contributed by atoms with Gasteiger partial charge in [-0.2, -0.15) is 10.2 Å². The first-order chi connectivity index (χ1) is 31.1. The predicted octanol–water partition coefficient (Wildman–Crippen LogP) is 8.65. The molecule has 11 rings (SSSR count). The van der Waals surface area contributed by atoms with Gasteiger partial charge in [0.15, 0.2) is 11.3 Å². The highest BCUT2D eigenvalue weighted by Gasteiger charge is 2.48. The Bertz CT molecular complexity index is 2700. The molecule has 2 saturated heterocycles. The first-order valence-electron chi connectivity index (χ1n) is 22.6. The number of nitrogens with zero attached hydrogens (tertiary/aromatic N) is 8. The third-order valence-corrected chi connectivity index (χ3v) is 13.7. The molecule has 4 aromatic heterocycles. The number of ether oxygens (including phenoxy) is 2. The number of aliphatic hydroxyl groups excluding tert-OH is 3. The molecule has 2 aliphatic heterocycles. The lowest BCUT2D eigenvalue weighted by Crippen LogP contribution is -2.43. The number of fused-ring (bicyclic) bond motifs is 2. The number of piperidine rings is 2. The van der Waals surface area contributed by atoms with Gasteiger partial charge in [0.2, 0.25) is 0 Å². The number of likely N-dealkylation sites (tertiary alicyclic amines) is 2. The maximum atomic E-state index is 9.93. The van der Waals surface area contributed by atoms with Crippen molar-refractivity contribution >= 4 is 27.2 Å². The van der Waals surface area contributed by atoms with Crippen LogP contribution in [-0.2, 0) is 0 Å². The molecule has 0 radical (unpaired) electrons. The van der Waals surface area contributed by atoms with Crippen molar-refractivity contribution in [1.82, 2.24) is 39.0 Å². The van der Waals surface area contributed by atoms with E-state index in [1.165, 1.54) is 0 Å². The minimum Gasteiger partial charge on any atom is -0.486 e. The SMILES string of the molecule is C.CC(O)c1cccc(-c2cnn3cc(-c4ccc(OC5(CN6CCC(O)CC6)CC5)cc4)cnc23)c1.OC1CCN(CC2(Oc3ccc(-c4cnc5c(Br)cnn5c4)cc3)CC2)CC1. The number of benzene rings is 3. The van der Waals surface area contributed by atoms with Crippen LogP contribution in [-0.4, -0.2) is 117 Å². The average Bonchev–Trinajstić information content (AvgIpc) is 4.17. The summed E-state index contributed by atoms with van der Waals surface area (Å²) in [6.07, 6.45) is 18.3. The molecule has 3 N–H and O–H groups in total. The van der Waals surface area contributed by atoms with Crippen LogP contribution < -0.4 is 9.47 Å². The summed E-state index contributed by atoms with van der Waals surface area (Å²) in [5, 5.41) is 38.2. The van der Waals surface area contributed by atoms with Gasteiger partial charge in [0, 0.05) is 80.7 Å². The molecule has 0 spiro atoms. The molecule has 340 valence electrons. The molecule has 6 heterocycles. The van der Waals surface area contributed by atoms with Crippen molar-refractivity contribution in [2.24, 2.45) is 0 Å². The lowest BCUT2D eigenvalue weighted by molar-refractivity contribution is 0.0505. The predicted molar refractivity (Wildman–Crippen MR) is 256 cm³/mol. The first-order valence-corrected chi connectivity index (χ1v) is 23.4. The van der Waals surface area contributed by atoms with Gasteiger partial charge in [0.05, 0.1) is 35.2 Å². The molecule has 0 bridgehead atoms. The van der Waals surface area contributed by atoms with Crippen LogP contribution in [0, 0.1) is 0 Å². The molecule has 14 heteroatoms. The second-order valence-electron chi connectivity index (χ2n) is 18.2. The average molecular weight is 944 g/mol. The third-order valence-electron chi connectivity index (χ3n) is 13.1. The smallest absolute Gasteiger partial charge is 0.169 e. The van der Waals surface area contributed by atoms with Crippen LogP contribution in [0.1, 0.15) is 77.4 Å². The van der Waals surface area contributed by atoms with Gasteiger partial charge in [0.1, 0.15) is 22.7 Å². The van der Waals surface area contributed by atoms with E-state index in [1.54, 1.807) is 22.2 Å². The zero-order valence-electron chi connectivity index (χ0n) is 36.1. The van der Waals surface area contributed by atoms with Gasteiger partial charge in [-0.1, -0.05) is 49.9 Å². The van der Waals surface area contributed by atoms with Gasteiger partial charge < -0.3 is 24.8 Å². The Kier molecular flexibility index (Phi) is 13.1. The Balaban J connectivity index is 0.000000166. The lowest BCUT2D eigenvalue weighted by atomic mass is 10.0. The first kappa shape index (κ1) is 45.0. The fourth-order valence-electron chi connectivity index (χ4n) is 8.95. The van der Waals surface area contributed by atoms with Gasteiger partial charge in [-0.15, -0.1) is 0 Å². The summed E-state index contributed by atoms with van der Waals surface area (Å²) in [5.74, 6) is 1.80. The molecule has 0 amide bonds. The number of rotatable bonds is 12. The number of aliphatic hydroxyl groups is 3. The Morgan fingerprint density at radius 2 is 1.11 bits per heavy atom. The number of halogens is 1. The molecule has 1 atom stereocenters. The second-order valence-corrected chi connectivity index (χ2v) is 19.1. The highest BCUT2D eigenvalue weighted by molar-refractivity contribution is 9.10. The van der Waals surface area contributed by atoms with E-state index in [9.17, 15) is 15.3 Å². The van der Waals surface area contributed by atoms with Gasteiger partial charge in [-0.3, -0.25) is 9.80 Å². The van der Waals surface area contributed by atoms with E-state index in [2.05, 4.69) is 65.2 Å². The van der Waals surface area contributed by atoms with Gasteiger partial charge in [-0.25, -0.2) is 19.0 Å². The Morgan fingerprint density at radius 1 is 0.631 bits per heavy atom. The summed E-state index contributed by atoms with van der Waals surface area (Å²) < 4.78 is 17.3. The summed E-state index contributed by atoms with van der Waals surface area (Å²) in [6, 6.07) is 24.3. The molecule has 65 heavy (non-hydrogen) atoms. The minimum absolute atomic E-state index is 0. The topological polar surface area (TPSA) is 146 Å². The van der Waals surface area contributed by atoms with Crippen molar-refractivity contribution in [2.45, 2.75) is 95.2 Å². The van der Waals surface area contributed by atoms with E-state index in [0.717, 1.165) is 157 Å². The summed E-state index contributed by atoms with van der Waals surface area (Å²) in [4.78, 5) is 14.0. The van der Waals surface area contributed by atoms with Crippen molar-refractivity contribution in [2.75, 3.05) is 39.3 Å². The summed E-state index contributed by atoms with van der Waals surface area (Å²) >= 11 is 3.45. The summed E-state index contributed by atoms with van der Waals surface area (Å²) in [7, 11) is 0.